The van der Waals surface area contributed by atoms with Gasteiger partial charge in [-0.15, -0.1) is 0 Å². The third kappa shape index (κ3) is 4.34. The normalized spacial score (nSPS) is 22.5. The Balaban J connectivity index is 1.80. The molecule has 0 saturated carbocycles. The minimum atomic E-state index is -3.31. The number of piperidine rings is 1. The Bertz CT molecular complexity index is 495. The first-order valence-electron chi connectivity index (χ1n) is 8.19. The Morgan fingerprint density at radius 3 is 2.13 bits per heavy atom. The highest BCUT2D eigenvalue weighted by atomic mass is 32.2. The second kappa shape index (κ2) is 7.78. The van der Waals surface area contributed by atoms with E-state index in [0.717, 1.165) is 25.9 Å². The molecule has 2 heterocycles. The predicted octanol–water partition coefficient (Wildman–Crippen LogP) is 0.0313. The molecule has 134 valence electrons. The fourth-order valence-corrected chi connectivity index (χ4v) is 4.25. The molecule has 2 aliphatic rings. The van der Waals surface area contributed by atoms with Gasteiger partial charge < -0.3 is 9.64 Å². The molecule has 0 spiro atoms. The highest BCUT2D eigenvalue weighted by Crippen LogP contribution is 2.20. The second-order valence-electron chi connectivity index (χ2n) is 6.14. The number of hydrogen-bond acceptors (Lipinski definition) is 5. The van der Waals surface area contributed by atoms with E-state index >= 15 is 0 Å². The van der Waals surface area contributed by atoms with Gasteiger partial charge in [-0.05, 0) is 19.8 Å². The smallest absolute Gasteiger partial charge is 0.409 e. The largest absolute Gasteiger partial charge is 0.450 e. The van der Waals surface area contributed by atoms with Crippen molar-refractivity contribution in [1.82, 2.24) is 18.4 Å². The summed E-state index contributed by atoms with van der Waals surface area (Å²) < 4.78 is 32.1. The molecule has 8 nitrogen and oxygen atoms in total. The van der Waals surface area contributed by atoms with E-state index in [1.807, 2.05) is 6.92 Å². The van der Waals surface area contributed by atoms with Crippen LogP contribution in [0.15, 0.2) is 0 Å². The molecular formula is C14H28N4O4S. The van der Waals surface area contributed by atoms with E-state index in [0.29, 0.717) is 38.8 Å². The summed E-state index contributed by atoms with van der Waals surface area (Å²) in [7, 11) is -0.185. The van der Waals surface area contributed by atoms with Crippen molar-refractivity contribution in [2.45, 2.75) is 25.8 Å². The zero-order valence-electron chi connectivity index (χ0n) is 14.3. The molecule has 0 aromatic rings. The molecule has 2 fully saturated rings. The van der Waals surface area contributed by atoms with Crippen molar-refractivity contribution in [1.29, 1.82) is 0 Å². The van der Waals surface area contributed by atoms with Crippen molar-refractivity contribution in [3.05, 3.63) is 0 Å². The van der Waals surface area contributed by atoms with E-state index in [1.54, 1.807) is 19.0 Å². The van der Waals surface area contributed by atoms with E-state index in [2.05, 4.69) is 4.90 Å². The van der Waals surface area contributed by atoms with Crippen LogP contribution in [0.2, 0.25) is 0 Å². The van der Waals surface area contributed by atoms with Crippen LogP contribution >= 0.6 is 0 Å². The molecule has 0 radical (unpaired) electrons. The number of nitrogens with zero attached hydrogens (tertiary/aromatic N) is 4. The molecule has 0 aliphatic carbocycles. The molecule has 0 bridgehead atoms. The standard InChI is InChI=1S/C14H28N4O4S/c1-4-22-14(19)17-7-5-13(6-8-17)16-9-11-18(12-10-16)23(20,21)15(2)3/h13H,4-12H2,1-3H3. The van der Waals surface area contributed by atoms with Gasteiger partial charge in [0.05, 0.1) is 6.61 Å². The topological polar surface area (TPSA) is 73.4 Å². The SMILES string of the molecule is CCOC(=O)N1CCC(N2CCN(S(=O)(=O)N(C)C)CC2)CC1. The van der Waals surface area contributed by atoms with Crippen LogP contribution in [0.3, 0.4) is 0 Å². The minimum absolute atomic E-state index is 0.229. The number of ether oxygens (including phenoxy) is 1. The monoisotopic (exact) mass is 348 g/mol. The molecule has 2 aliphatic heterocycles. The van der Waals surface area contributed by atoms with Crippen molar-refractivity contribution >= 4 is 16.3 Å². The van der Waals surface area contributed by atoms with Crippen molar-refractivity contribution in [2.75, 3.05) is 60.0 Å². The predicted molar refractivity (Wildman–Crippen MR) is 87.4 cm³/mol. The van der Waals surface area contributed by atoms with Gasteiger partial charge in [-0.2, -0.15) is 17.0 Å². The third-order valence-corrected chi connectivity index (χ3v) is 6.51. The van der Waals surface area contributed by atoms with Gasteiger partial charge in [-0.3, -0.25) is 4.90 Å². The first-order chi connectivity index (χ1) is 10.9. The van der Waals surface area contributed by atoms with Gasteiger partial charge in [0.15, 0.2) is 0 Å². The maximum absolute atomic E-state index is 12.1. The summed E-state index contributed by atoms with van der Waals surface area (Å²) in [5.41, 5.74) is 0. The van der Waals surface area contributed by atoms with Gasteiger partial charge >= 0.3 is 6.09 Å². The number of carbonyl (C=O) groups excluding carboxylic acids is 1. The van der Waals surface area contributed by atoms with Gasteiger partial charge in [-0.25, -0.2) is 4.79 Å². The van der Waals surface area contributed by atoms with Gasteiger partial charge in [-0.1, -0.05) is 0 Å². The summed E-state index contributed by atoms with van der Waals surface area (Å²) >= 11 is 0. The number of carbonyl (C=O) groups is 1. The number of likely N-dealkylation sites (tertiary alicyclic amines) is 1. The Morgan fingerprint density at radius 1 is 1.09 bits per heavy atom. The molecule has 0 N–H and O–H groups in total. The van der Waals surface area contributed by atoms with E-state index in [1.165, 1.54) is 8.61 Å². The van der Waals surface area contributed by atoms with Crippen LogP contribution in [0.5, 0.6) is 0 Å². The number of hydrogen-bond donors (Lipinski definition) is 0. The molecule has 23 heavy (non-hydrogen) atoms. The zero-order chi connectivity index (χ0) is 17.0. The van der Waals surface area contributed by atoms with E-state index in [4.69, 9.17) is 4.74 Å². The highest BCUT2D eigenvalue weighted by molar-refractivity contribution is 7.86. The Morgan fingerprint density at radius 2 is 1.65 bits per heavy atom. The van der Waals surface area contributed by atoms with E-state index in [-0.39, 0.29) is 6.09 Å². The molecule has 2 saturated heterocycles. The number of piperazine rings is 1. The van der Waals surface area contributed by atoms with Crippen LogP contribution in [0, 0.1) is 0 Å². The summed E-state index contributed by atoms with van der Waals surface area (Å²) in [5, 5.41) is 0. The average molecular weight is 348 g/mol. The number of amides is 1. The van der Waals surface area contributed by atoms with Crippen molar-refractivity contribution in [3.63, 3.8) is 0 Å². The molecular weight excluding hydrogens is 320 g/mol. The molecule has 0 atom stereocenters. The van der Waals surface area contributed by atoms with Crippen molar-refractivity contribution in [3.8, 4) is 0 Å². The first-order valence-corrected chi connectivity index (χ1v) is 9.59. The number of rotatable bonds is 4. The molecule has 9 heteroatoms. The Kier molecular flexibility index (Phi) is 6.24. The van der Waals surface area contributed by atoms with Crippen LogP contribution in [0.4, 0.5) is 4.79 Å². The molecule has 1 amide bonds. The van der Waals surface area contributed by atoms with Gasteiger partial charge in [0.1, 0.15) is 0 Å². The van der Waals surface area contributed by atoms with Crippen LogP contribution in [-0.4, -0.2) is 98.9 Å². The fourth-order valence-electron chi connectivity index (χ4n) is 3.16. The Labute approximate surface area is 139 Å². The van der Waals surface area contributed by atoms with Gasteiger partial charge in [0.25, 0.3) is 10.2 Å². The summed E-state index contributed by atoms with van der Waals surface area (Å²) in [4.78, 5) is 15.8. The maximum atomic E-state index is 12.1. The van der Waals surface area contributed by atoms with Crippen LogP contribution in [-0.2, 0) is 14.9 Å². The highest BCUT2D eigenvalue weighted by Gasteiger charge is 2.33. The quantitative estimate of drug-likeness (QED) is 0.717. The molecule has 0 unspecified atom stereocenters. The summed E-state index contributed by atoms with van der Waals surface area (Å²) in [6, 6.07) is 0.421. The lowest BCUT2D eigenvalue weighted by Gasteiger charge is -2.42. The summed E-state index contributed by atoms with van der Waals surface area (Å²) in [5.74, 6) is 0. The lowest BCUT2D eigenvalue weighted by Crippen LogP contribution is -2.56. The van der Waals surface area contributed by atoms with Gasteiger partial charge in [0.2, 0.25) is 0 Å². The third-order valence-electron chi connectivity index (χ3n) is 4.57. The van der Waals surface area contributed by atoms with Crippen molar-refractivity contribution in [2.24, 2.45) is 0 Å². The van der Waals surface area contributed by atoms with E-state index in [9.17, 15) is 13.2 Å². The van der Waals surface area contributed by atoms with Gasteiger partial charge in [0, 0.05) is 59.4 Å². The second-order valence-corrected chi connectivity index (χ2v) is 8.28. The molecule has 2 rings (SSSR count). The first kappa shape index (κ1) is 18.4. The maximum Gasteiger partial charge on any atom is 0.409 e. The average Bonchev–Trinajstić information content (AvgIpc) is 2.55. The molecule has 0 aromatic heterocycles. The summed E-state index contributed by atoms with van der Waals surface area (Å²) in [6.45, 7) is 6.18. The van der Waals surface area contributed by atoms with Crippen LogP contribution in [0.1, 0.15) is 19.8 Å². The van der Waals surface area contributed by atoms with Crippen LogP contribution < -0.4 is 0 Å². The Hall–Kier alpha value is -0.900. The summed E-state index contributed by atoms with van der Waals surface area (Å²) in [6.07, 6.45) is 1.60. The zero-order valence-corrected chi connectivity index (χ0v) is 15.1. The molecule has 0 aromatic carbocycles. The van der Waals surface area contributed by atoms with Crippen LogP contribution in [0.25, 0.3) is 0 Å². The fraction of sp³-hybridized carbons (Fsp3) is 0.929. The van der Waals surface area contributed by atoms with Crippen molar-refractivity contribution < 1.29 is 17.9 Å². The lowest BCUT2D eigenvalue weighted by molar-refractivity contribution is 0.0627. The van der Waals surface area contributed by atoms with E-state index < -0.39 is 10.2 Å². The lowest BCUT2D eigenvalue weighted by atomic mass is 10.0. The minimum Gasteiger partial charge on any atom is -0.450 e.